The maximum absolute atomic E-state index is 10.7. The van der Waals surface area contributed by atoms with E-state index in [9.17, 15) is 10.1 Å². The molecule has 0 saturated carbocycles. The predicted octanol–water partition coefficient (Wildman–Crippen LogP) is 2.90. The highest BCUT2D eigenvalue weighted by atomic mass is 32.1. The molecule has 0 amide bonds. The summed E-state index contributed by atoms with van der Waals surface area (Å²) in [5, 5.41) is 10.7. The highest BCUT2D eigenvalue weighted by molar-refractivity contribution is 7.80. The molecule has 4 nitrogen and oxygen atoms in total. The number of non-ortho nitro benzene ring substituents is 1. The zero-order chi connectivity index (χ0) is 13.1. The van der Waals surface area contributed by atoms with Crippen molar-refractivity contribution in [3.63, 3.8) is 0 Å². The first-order valence-corrected chi connectivity index (χ1v) is 5.63. The van der Waals surface area contributed by atoms with Crippen LogP contribution in [-0.4, -0.2) is 9.91 Å². The van der Waals surface area contributed by atoms with E-state index in [4.69, 9.17) is 18.0 Å². The van der Waals surface area contributed by atoms with E-state index in [1.165, 1.54) is 12.1 Å². The fourth-order valence-corrected chi connectivity index (χ4v) is 1.76. The Kier molecular flexibility index (Phi) is 3.34. The lowest BCUT2D eigenvalue weighted by atomic mass is 10.0. The number of hydrogen-bond acceptors (Lipinski definition) is 3. The second-order valence-corrected chi connectivity index (χ2v) is 4.19. The van der Waals surface area contributed by atoms with Crippen LogP contribution in [0.25, 0.3) is 11.1 Å². The predicted molar refractivity (Wildman–Crippen MR) is 74.4 cm³/mol. The maximum Gasteiger partial charge on any atom is 0.270 e. The lowest BCUT2D eigenvalue weighted by molar-refractivity contribution is -0.384. The highest BCUT2D eigenvalue weighted by Crippen LogP contribution is 2.24. The van der Waals surface area contributed by atoms with Crippen LogP contribution in [0.15, 0.2) is 48.5 Å². The first-order valence-electron chi connectivity index (χ1n) is 5.22. The Morgan fingerprint density at radius 3 is 2.33 bits per heavy atom. The van der Waals surface area contributed by atoms with Crippen molar-refractivity contribution in [1.82, 2.24) is 0 Å². The molecule has 0 heterocycles. The first-order chi connectivity index (χ1) is 8.58. The van der Waals surface area contributed by atoms with Crippen LogP contribution in [0.3, 0.4) is 0 Å². The molecule has 0 aliphatic heterocycles. The van der Waals surface area contributed by atoms with Crippen molar-refractivity contribution in [2.45, 2.75) is 0 Å². The van der Waals surface area contributed by atoms with Crippen LogP contribution in [-0.2, 0) is 0 Å². The number of nitrogens with two attached hydrogens (primary N) is 1. The number of nitro groups is 1. The molecule has 90 valence electrons. The van der Waals surface area contributed by atoms with Crippen molar-refractivity contribution in [2.24, 2.45) is 5.73 Å². The first kappa shape index (κ1) is 12.2. The van der Waals surface area contributed by atoms with E-state index in [1.54, 1.807) is 18.2 Å². The van der Waals surface area contributed by atoms with E-state index in [1.807, 2.05) is 18.2 Å². The van der Waals surface area contributed by atoms with Gasteiger partial charge in [-0.25, -0.2) is 0 Å². The fraction of sp³-hybridized carbons (Fsp3) is 0. The van der Waals surface area contributed by atoms with Gasteiger partial charge in [0.15, 0.2) is 0 Å². The molecule has 18 heavy (non-hydrogen) atoms. The molecule has 0 spiro atoms. The van der Waals surface area contributed by atoms with Gasteiger partial charge in [0.05, 0.1) is 4.92 Å². The lowest BCUT2D eigenvalue weighted by Gasteiger charge is -2.03. The van der Waals surface area contributed by atoms with E-state index in [0.29, 0.717) is 4.99 Å². The second kappa shape index (κ2) is 4.93. The third-order valence-corrected chi connectivity index (χ3v) is 2.80. The van der Waals surface area contributed by atoms with Crippen LogP contribution in [0.2, 0.25) is 0 Å². The van der Waals surface area contributed by atoms with Gasteiger partial charge in [-0.2, -0.15) is 0 Å². The summed E-state index contributed by atoms with van der Waals surface area (Å²) in [6, 6.07) is 13.8. The molecule has 0 saturated heterocycles. The molecule has 0 fully saturated rings. The largest absolute Gasteiger partial charge is 0.389 e. The summed E-state index contributed by atoms with van der Waals surface area (Å²) in [7, 11) is 0. The second-order valence-electron chi connectivity index (χ2n) is 3.75. The maximum atomic E-state index is 10.7. The summed E-state index contributed by atoms with van der Waals surface area (Å²) >= 11 is 4.87. The monoisotopic (exact) mass is 258 g/mol. The minimum Gasteiger partial charge on any atom is -0.389 e. The van der Waals surface area contributed by atoms with Gasteiger partial charge in [0.1, 0.15) is 4.99 Å². The Bertz CT molecular complexity index is 609. The molecule has 0 bridgehead atoms. The van der Waals surface area contributed by atoms with Crippen molar-refractivity contribution >= 4 is 22.9 Å². The SMILES string of the molecule is NC(=S)c1ccc(-c2cccc([N+](=O)[O-])c2)cc1. The van der Waals surface area contributed by atoms with Crippen molar-refractivity contribution < 1.29 is 4.92 Å². The van der Waals surface area contributed by atoms with Crippen molar-refractivity contribution in [2.75, 3.05) is 0 Å². The number of nitro benzene ring substituents is 1. The van der Waals surface area contributed by atoms with E-state index >= 15 is 0 Å². The average Bonchev–Trinajstić information content (AvgIpc) is 2.39. The summed E-state index contributed by atoms with van der Waals surface area (Å²) in [6.45, 7) is 0. The van der Waals surface area contributed by atoms with E-state index in [-0.39, 0.29) is 5.69 Å². The minimum atomic E-state index is -0.410. The van der Waals surface area contributed by atoms with Gasteiger partial charge in [0.25, 0.3) is 5.69 Å². The van der Waals surface area contributed by atoms with E-state index < -0.39 is 4.92 Å². The van der Waals surface area contributed by atoms with Crippen LogP contribution in [0.5, 0.6) is 0 Å². The van der Waals surface area contributed by atoms with Crippen molar-refractivity contribution in [3.8, 4) is 11.1 Å². The van der Waals surface area contributed by atoms with Crippen LogP contribution in [0, 0.1) is 10.1 Å². The lowest BCUT2D eigenvalue weighted by Crippen LogP contribution is -2.08. The Labute approximate surface area is 109 Å². The van der Waals surface area contributed by atoms with Gasteiger partial charge in [-0.3, -0.25) is 10.1 Å². The number of benzene rings is 2. The van der Waals surface area contributed by atoms with Gasteiger partial charge in [-0.15, -0.1) is 0 Å². The molecule has 0 radical (unpaired) electrons. The quantitative estimate of drug-likeness (QED) is 0.522. The molecule has 2 aromatic rings. The van der Waals surface area contributed by atoms with Crippen LogP contribution < -0.4 is 5.73 Å². The summed E-state index contributed by atoms with van der Waals surface area (Å²) < 4.78 is 0. The van der Waals surface area contributed by atoms with Gasteiger partial charge < -0.3 is 5.73 Å². The summed E-state index contributed by atoms with van der Waals surface area (Å²) in [5.74, 6) is 0. The summed E-state index contributed by atoms with van der Waals surface area (Å²) in [4.78, 5) is 10.6. The summed E-state index contributed by atoms with van der Waals surface area (Å²) in [6.07, 6.45) is 0. The van der Waals surface area contributed by atoms with Crippen LogP contribution in [0.1, 0.15) is 5.56 Å². The van der Waals surface area contributed by atoms with Gasteiger partial charge in [0, 0.05) is 17.7 Å². The van der Waals surface area contributed by atoms with Crippen LogP contribution in [0.4, 0.5) is 5.69 Å². The molecular formula is C13H10N2O2S. The smallest absolute Gasteiger partial charge is 0.270 e. The van der Waals surface area contributed by atoms with Gasteiger partial charge in [0.2, 0.25) is 0 Å². The molecule has 0 unspecified atom stereocenters. The molecule has 2 N–H and O–H groups in total. The van der Waals surface area contributed by atoms with Gasteiger partial charge in [-0.05, 0) is 11.1 Å². The molecule has 5 heteroatoms. The van der Waals surface area contributed by atoms with Gasteiger partial charge in [-0.1, -0.05) is 48.6 Å². The Morgan fingerprint density at radius 1 is 1.11 bits per heavy atom. The van der Waals surface area contributed by atoms with Crippen LogP contribution >= 0.6 is 12.2 Å². The average molecular weight is 258 g/mol. The third-order valence-electron chi connectivity index (χ3n) is 2.56. The van der Waals surface area contributed by atoms with Crippen molar-refractivity contribution in [3.05, 3.63) is 64.2 Å². The standard InChI is InChI=1S/C13H10N2O2S/c14-13(18)10-6-4-9(5-7-10)11-2-1-3-12(8-11)15(16)17/h1-8H,(H2,14,18). The zero-order valence-corrected chi connectivity index (χ0v) is 10.2. The molecule has 0 aromatic heterocycles. The fourth-order valence-electron chi connectivity index (χ4n) is 1.63. The van der Waals surface area contributed by atoms with Crippen molar-refractivity contribution in [1.29, 1.82) is 0 Å². The molecule has 0 aliphatic carbocycles. The summed E-state index contributed by atoms with van der Waals surface area (Å²) in [5.41, 5.74) is 8.04. The molecule has 0 atom stereocenters. The molecular weight excluding hydrogens is 248 g/mol. The molecule has 2 aromatic carbocycles. The van der Waals surface area contributed by atoms with E-state index in [2.05, 4.69) is 0 Å². The third kappa shape index (κ3) is 2.52. The Hall–Kier alpha value is -2.27. The van der Waals surface area contributed by atoms with Gasteiger partial charge >= 0.3 is 0 Å². The zero-order valence-electron chi connectivity index (χ0n) is 9.37. The topological polar surface area (TPSA) is 69.2 Å². The number of nitrogens with zero attached hydrogens (tertiary/aromatic N) is 1. The minimum absolute atomic E-state index is 0.0749. The normalized spacial score (nSPS) is 10.0. The Balaban J connectivity index is 2.39. The molecule has 2 rings (SSSR count). The van der Waals surface area contributed by atoms with E-state index in [0.717, 1.165) is 16.7 Å². The number of thiocarbonyl (C=S) groups is 1. The Morgan fingerprint density at radius 2 is 1.78 bits per heavy atom. The number of hydrogen-bond donors (Lipinski definition) is 1. The molecule has 0 aliphatic rings. The number of rotatable bonds is 3. The highest BCUT2D eigenvalue weighted by Gasteiger charge is 2.07.